The van der Waals surface area contributed by atoms with Crippen molar-refractivity contribution in [1.82, 2.24) is 0 Å². The molecule has 0 radical (unpaired) electrons. The third-order valence-electron chi connectivity index (χ3n) is 1.56. The van der Waals surface area contributed by atoms with Crippen LogP contribution in [0.2, 0.25) is 0 Å². The highest BCUT2D eigenvalue weighted by Gasteiger charge is 2.09. The maximum absolute atomic E-state index is 8.81. The molecule has 9 heavy (non-hydrogen) atoms. The van der Waals surface area contributed by atoms with Crippen LogP contribution in [0, 0.1) is 11.8 Å². The number of aliphatic hydroxyl groups is 1. The van der Waals surface area contributed by atoms with Gasteiger partial charge in [-0.05, 0) is 23.8 Å². The van der Waals surface area contributed by atoms with E-state index in [1.165, 1.54) is 0 Å². The highest BCUT2D eigenvalue weighted by Crippen LogP contribution is 2.14. The molecule has 1 nitrogen and oxygen atoms in total. The Bertz CT molecular complexity index is 63.9. The summed E-state index contributed by atoms with van der Waals surface area (Å²) < 4.78 is 0. The standard InChI is InChI=1S/C7H16OS/c1-6(2)7(4-8)5-9-3/h6-8H,4-5H2,1-3H3. The van der Waals surface area contributed by atoms with Gasteiger partial charge in [-0.25, -0.2) is 0 Å². The van der Waals surface area contributed by atoms with Gasteiger partial charge in [-0.15, -0.1) is 0 Å². The van der Waals surface area contributed by atoms with Gasteiger partial charge < -0.3 is 5.11 Å². The summed E-state index contributed by atoms with van der Waals surface area (Å²) in [6.45, 7) is 4.63. The number of rotatable bonds is 4. The maximum atomic E-state index is 8.81. The van der Waals surface area contributed by atoms with E-state index in [0.717, 1.165) is 5.75 Å². The first-order valence-electron chi connectivity index (χ1n) is 3.32. The summed E-state index contributed by atoms with van der Waals surface area (Å²) in [5.41, 5.74) is 0. The van der Waals surface area contributed by atoms with Crippen LogP contribution in [0.25, 0.3) is 0 Å². The molecule has 0 bridgehead atoms. The molecule has 0 aromatic heterocycles. The second-order valence-corrected chi connectivity index (χ2v) is 3.55. The molecule has 0 rings (SSSR count). The van der Waals surface area contributed by atoms with E-state index >= 15 is 0 Å². The number of aliphatic hydroxyl groups excluding tert-OH is 1. The highest BCUT2D eigenvalue weighted by molar-refractivity contribution is 7.98. The molecule has 0 amide bonds. The fourth-order valence-electron chi connectivity index (χ4n) is 0.670. The van der Waals surface area contributed by atoms with Gasteiger partial charge in [-0.2, -0.15) is 11.8 Å². The van der Waals surface area contributed by atoms with E-state index in [1.807, 2.05) is 0 Å². The van der Waals surface area contributed by atoms with Gasteiger partial charge in [-0.3, -0.25) is 0 Å². The van der Waals surface area contributed by atoms with Crippen molar-refractivity contribution in [1.29, 1.82) is 0 Å². The second-order valence-electron chi connectivity index (χ2n) is 2.64. The van der Waals surface area contributed by atoms with Crippen LogP contribution < -0.4 is 0 Å². The third-order valence-corrected chi connectivity index (χ3v) is 2.32. The van der Waals surface area contributed by atoms with Crippen LogP contribution in [0.1, 0.15) is 13.8 Å². The third kappa shape index (κ3) is 3.82. The van der Waals surface area contributed by atoms with Crippen molar-refractivity contribution in [2.75, 3.05) is 18.6 Å². The summed E-state index contributed by atoms with van der Waals surface area (Å²) in [5, 5.41) is 8.81. The van der Waals surface area contributed by atoms with Crippen molar-refractivity contribution in [2.45, 2.75) is 13.8 Å². The van der Waals surface area contributed by atoms with Crippen LogP contribution in [0.4, 0.5) is 0 Å². The average molecular weight is 148 g/mol. The molecular weight excluding hydrogens is 132 g/mol. The summed E-state index contributed by atoms with van der Waals surface area (Å²) in [4.78, 5) is 0. The molecule has 0 aromatic carbocycles. The SMILES string of the molecule is CSCC(CO)C(C)C. The van der Waals surface area contributed by atoms with Crippen molar-refractivity contribution >= 4 is 11.8 Å². The van der Waals surface area contributed by atoms with Crippen LogP contribution in [-0.4, -0.2) is 23.7 Å². The zero-order valence-electron chi connectivity index (χ0n) is 6.42. The Morgan fingerprint density at radius 2 is 2.00 bits per heavy atom. The van der Waals surface area contributed by atoms with E-state index in [2.05, 4.69) is 20.1 Å². The smallest absolute Gasteiger partial charge is 0.0469 e. The summed E-state index contributed by atoms with van der Waals surface area (Å²) in [6, 6.07) is 0. The largest absolute Gasteiger partial charge is 0.396 e. The quantitative estimate of drug-likeness (QED) is 0.653. The summed E-state index contributed by atoms with van der Waals surface area (Å²) in [6.07, 6.45) is 2.07. The van der Waals surface area contributed by atoms with Crippen LogP contribution >= 0.6 is 11.8 Å². The molecule has 0 heterocycles. The molecule has 0 saturated carbocycles. The maximum Gasteiger partial charge on any atom is 0.0469 e. The lowest BCUT2D eigenvalue weighted by atomic mass is 9.99. The first-order chi connectivity index (χ1) is 4.22. The van der Waals surface area contributed by atoms with Gasteiger partial charge in [0.15, 0.2) is 0 Å². The zero-order chi connectivity index (χ0) is 7.28. The Hall–Kier alpha value is 0.310. The Morgan fingerprint density at radius 3 is 2.11 bits per heavy atom. The lowest BCUT2D eigenvalue weighted by Crippen LogP contribution is -2.15. The molecule has 56 valence electrons. The van der Waals surface area contributed by atoms with Gasteiger partial charge >= 0.3 is 0 Å². The van der Waals surface area contributed by atoms with Gasteiger partial charge in [0, 0.05) is 6.61 Å². The monoisotopic (exact) mass is 148 g/mol. The topological polar surface area (TPSA) is 20.2 Å². The van der Waals surface area contributed by atoms with Gasteiger partial charge in [0.1, 0.15) is 0 Å². The lowest BCUT2D eigenvalue weighted by molar-refractivity contribution is 0.206. The molecule has 0 aliphatic heterocycles. The fourth-order valence-corrected chi connectivity index (χ4v) is 1.59. The summed E-state index contributed by atoms with van der Waals surface area (Å²) in [5.74, 6) is 2.18. The molecular formula is C7H16OS. The molecule has 0 fully saturated rings. The Balaban J connectivity index is 3.41. The minimum absolute atomic E-state index is 0.332. The van der Waals surface area contributed by atoms with Crippen LogP contribution in [0.5, 0.6) is 0 Å². The van der Waals surface area contributed by atoms with E-state index in [-0.39, 0.29) is 0 Å². The fraction of sp³-hybridized carbons (Fsp3) is 1.00. The van der Waals surface area contributed by atoms with E-state index in [0.29, 0.717) is 18.4 Å². The Morgan fingerprint density at radius 1 is 1.44 bits per heavy atom. The van der Waals surface area contributed by atoms with E-state index in [1.54, 1.807) is 11.8 Å². The minimum Gasteiger partial charge on any atom is -0.396 e. The van der Waals surface area contributed by atoms with Crippen molar-refractivity contribution in [2.24, 2.45) is 11.8 Å². The van der Waals surface area contributed by atoms with Crippen LogP contribution in [-0.2, 0) is 0 Å². The number of hydrogen-bond donors (Lipinski definition) is 1. The second kappa shape index (κ2) is 5.12. The summed E-state index contributed by atoms with van der Waals surface area (Å²) >= 11 is 1.80. The Labute approximate surface area is 61.8 Å². The predicted octanol–water partition coefficient (Wildman–Crippen LogP) is 1.61. The van der Waals surface area contributed by atoms with Crippen LogP contribution in [0.3, 0.4) is 0 Å². The molecule has 1 atom stereocenters. The van der Waals surface area contributed by atoms with Crippen molar-refractivity contribution < 1.29 is 5.11 Å². The first-order valence-corrected chi connectivity index (χ1v) is 4.71. The zero-order valence-corrected chi connectivity index (χ0v) is 7.24. The minimum atomic E-state index is 0.332. The van der Waals surface area contributed by atoms with E-state index < -0.39 is 0 Å². The van der Waals surface area contributed by atoms with Gasteiger partial charge in [0.05, 0.1) is 0 Å². The molecule has 0 saturated heterocycles. The van der Waals surface area contributed by atoms with Crippen LogP contribution in [0.15, 0.2) is 0 Å². The number of thioether (sulfide) groups is 1. The molecule has 2 heteroatoms. The Kier molecular flexibility index (Phi) is 5.30. The van der Waals surface area contributed by atoms with Crippen molar-refractivity contribution in [3.05, 3.63) is 0 Å². The van der Waals surface area contributed by atoms with Gasteiger partial charge in [0.25, 0.3) is 0 Å². The first kappa shape index (κ1) is 9.31. The lowest BCUT2D eigenvalue weighted by Gasteiger charge is -2.15. The molecule has 0 aliphatic rings. The van der Waals surface area contributed by atoms with Gasteiger partial charge in [-0.1, -0.05) is 13.8 Å². The summed E-state index contributed by atoms with van der Waals surface area (Å²) in [7, 11) is 0. The number of hydrogen-bond acceptors (Lipinski definition) is 2. The highest BCUT2D eigenvalue weighted by atomic mass is 32.2. The molecule has 1 unspecified atom stereocenters. The van der Waals surface area contributed by atoms with Crippen molar-refractivity contribution in [3.63, 3.8) is 0 Å². The molecule has 0 aromatic rings. The van der Waals surface area contributed by atoms with E-state index in [9.17, 15) is 0 Å². The predicted molar refractivity (Wildman–Crippen MR) is 43.8 cm³/mol. The van der Waals surface area contributed by atoms with Crippen molar-refractivity contribution in [3.8, 4) is 0 Å². The van der Waals surface area contributed by atoms with Gasteiger partial charge in [0.2, 0.25) is 0 Å². The molecule has 1 N–H and O–H groups in total. The average Bonchev–Trinajstić information content (AvgIpc) is 1.82. The molecule has 0 aliphatic carbocycles. The molecule has 0 spiro atoms. The van der Waals surface area contributed by atoms with E-state index in [4.69, 9.17) is 5.11 Å². The normalized spacial score (nSPS) is 14.3.